The van der Waals surface area contributed by atoms with Crippen LogP contribution in [-0.2, 0) is 4.79 Å². The smallest absolute Gasteiger partial charge is 0.314 e. The second kappa shape index (κ2) is 11.3. The van der Waals surface area contributed by atoms with Crippen LogP contribution in [0.2, 0.25) is 0 Å². The number of ether oxygens (including phenoxy) is 2. The van der Waals surface area contributed by atoms with Gasteiger partial charge in [0.25, 0.3) is 0 Å². The predicted molar refractivity (Wildman–Crippen MR) is 129 cm³/mol. The molecule has 0 amide bonds. The van der Waals surface area contributed by atoms with Gasteiger partial charge in [0, 0.05) is 6.07 Å². The number of hydrogen-bond acceptors (Lipinski definition) is 3. The molecule has 0 aromatic heterocycles. The molecule has 3 nitrogen and oxygen atoms in total. The first-order valence-electron chi connectivity index (χ1n) is 12.7. The van der Waals surface area contributed by atoms with E-state index < -0.39 is 23.4 Å². The summed E-state index contributed by atoms with van der Waals surface area (Å²) in [6.45, 7) is 5.94. The number of halogens is 3. The number of hydrogen-bond donors (Lipinski definition) is 0. The Labute approximate surface area is 205 Å². The fourth-order valence-electron chi connectivity index (χ4n) is 5.53. The molecule has 2 aliphatic carbocycles. The monoisotopic (exact) mass is 486 g/mol. The first-order valence-corrected chi connectivity index (χ1v) is 12.7. The third kappa shape index (κ3) is 5.74. The maximum atomic E-state index is 15.1. The molecule has 2 aromatic carbocycles. The van der Waals surface area contributed by atoms with Crippen molar-refractivity contribution in [2.45, 2.75) is 70.1 Å². The Morgan fingerprint density at radius 2 is 1.49 bits per heavy atom. The second-order valence-corrected chi connectivity index (χ2v) is 9.71. The fourth-order valence-corrected chi connectivity index (χ4v) is 5.53. The number of rotatable bonds is 7. The number of benzene rings is 2. The number of allylic oxidation sites excluding steroid dienone is 1. The van der Waals surface area contributed by atoms with Crippen molar-refractivity contribution in [2.24, 2.45) is 11.8 Å². The summed E-state index contributed by atoms with van der Waals surface area (Å²) >= 11 is 0. The van der Waals surface area contributed by atoms with Crippen LogP contribution in [0.4, 0.5) is 13.2 Å². The van der Waals surface area contributed by atoms with Gasteiger partial charge in [-0.2, -0.15) is 0 Å². The quantitative estimate of drug-likeness (QED) is 0.227. The molecule has 2 saturated carbocycles. The van der Waals surface area contributed by atoms with E-state index in [4.69, 9.17) is 9.47 Å². The molecule has 0 spiro atoms. The molecule has 6 heteroatoms. The maximum absolute atomic E-state index is 15.1. The van der Waals surface area contributed by atoms with Gasteiger partial charge in [-0.15, -0.1) is 6.58 Å². The molecule has 2 aliphatic rings. The van der Waals surface area contributed by atoms with Crippen molar-refractivity contribution in [2.75, 3.05) is 6.61 Å². The summed E-state index contributed by atoms with van der Waals surface area (Å²) < 4.78 is 54.7. The third-order valence-corrected chi connectivity index (χ3v) is 7.61. The molecule has 0 aliphatic heterocycles. The SMILES string of the molecule is C=CC1CCC(c2ccc(C3CCC(C(=O)Oc4ccc(OCC)c(F)c4)CC3)c(F)c2F)CC1. The van der Waals surface area contributed by atoms with Gasteiger partial charge in [-0.25, -0.2) is 13.2 Å². The summed E-state index contributed by atoms with van der Waals surface area (Å²) in [6, 6.07) is 7.57. The van der Waals surface area contributed by atoms with Gasteiger partial charge in [-0.05, 0) is 99.3 Å². The van der Waals surface area contributed by atoms with E-state index in [1.165, 1.54) is 12.1 Å². The lowest BCUT2D eigenvalue weighted by Gasteiger charge is -2.30. The van der Waals surface area contributed by atoms with Crippen molar-refractivity contribution in [3.63, 3.8) is 0 Å². The Bertz CT molecular complexity index is 1050. The molecular formula is C29H33F3O3. The largest absolute Gasteiger partial charge is 0.491 e. The molecule has 0 N–H and O–H groups in total. The minimum atomic E-state index is -0.746. The van der Waals surface area contributed by atoms with Crippen LogP contribution < -0.4 is 9.47 Å². The highest BCUT2D eigenvalue weighted by molar-refractivity contribution is 5.75. The summed E-state index contributed by atoms with van der Waals surface area (Å²) in [5.41, 5.74) is 0.875. The van der Waals surface area contributed by atoms with Crippen LogP contribution in [0.15, 0.2) is 43.0 Å². The van der Waals surface area contributed by atoms with Gasteiger partial charge in [0.15, 0.2) is 23.2 Å². The van der Waals surface area contributed by atoms with Crippen LogP contribution in [0.5, 0.6) is 11.5 Å². The Morgan fingerprint density at radius 1 is 0.914 bits per heavy atom. The van der Waals surface area contributed by atoms with Gasteiger partial charge in [-0.3, -0.25) is 4.79 Å². The lowest BCUT2D eigenvalue weighted by molar-refractivity contribution is -0.140. The van der Waals surface area contributed by atoms with Crippen molar-refractivity contribution >= 4 is 5.97 Å². The Balaban J connectivity index is 1.35. The van der Waals surface area contributed by atoms with E-state index in [9.17, 15) is 9.18 Å². The highest BCUT2D eigenvalue weighted by atomic mass is 19.2. The maximum Gasteiger partial charge on any atom is 0.314 e. The summed E-state index contributed by atoms with van der Waals surface area (Å²) in [5, 5.41) is 0. The van der Waals surface area contributed by atoms with E-state index in [0.717, 1.165) is 31.7 Å². The molecule has 0 heterocycles. The van der Waals surface area contributed by atoms with Gasteiger partial charge >= 0.3 is 5.97 Å². The van der Waals surface area contributed by atoms with E-state index >= 15 is 8.78 Å². The van der Waals surface area contributed by atoms with Crippen LogP contribution in [0.1, 0.15) is 81.3 Å². The number of carbonyl (C=O) groups is 1. The molecule has 0 unspecified atom stereocenters. The standard InChI is InChI=1S/C29H33F3O3/c1-3-18-5-7-19(8-6-18)23-14-15-24(28(32)27(23)31)20-9-11-21(12-10-20)29(33)35-22-13-16-26(34-4-2)25(30)17-22/h3,13-21H,1,4-12H2,2H3. The van der Waals surface area contributed by atoms with Crippen molar-refractivity contribution < 1.29 is 27.4 Å². The number of esters is 1. The van der Waals surface area contributed by atoms with E-state index in [1.807, 2.05) is 6.08 Å². The van der Waals surface area contributed by atoms with E-state index in [2.05, 4.69) is 6.58 Å². The topological polar surface area (TPSA) is 35.5 Å². The van der Waals surface area contributed by atoms with Crippen LogP contribution in [0.25, 0.3) is 0 Å². The van der Waals surface area contributed by atoms with Crippen LogP contribution in [0.3, 0.4) is 0 Å². The van der Waals surface area contributed by atoms with E-state index in [1.54, 1.807) is 19.1 Å². The number of carbonyl (C=O) groups excluding carboxylic acids is 1. The van der Waals surface area contributed by atoms with Crippen molar-refractivity contribution in [3.8, 4) is 11.5 Å². The summed E-state index contributed by atoms with van der Waals surface area (Å²) in [5.74, 6) is -2.22. The predicted octanol–water partition coefficient (Wildman–Crippen LogP) is 7.84. The molecule has 0 saturated heterocycles. The third-order valence-electron chi connectivity index (χ3n) is 7.61. The zero-order chi connectivity index (χ0) is 24.9. The molecule has 188 valence electrons. The van der Waals surface area contributed by atoms with Crippen molar-refractivity contribution in [3.05, 3.63) is 71.6 Å². The molecule has 0 bridgehead atoms. The zero-order valence-electron chi connectivity index (χ0n) is 20.2. The first kappa shape index (κ1) is 25.3. The second-order valence-electron chi connectivity index (χ2n) is 9.71. The first-order chi connectivity index (χ1) is 16.9. The lowest BCUT2D eigenvalue weighted by Crippen LogP contribution is -2.25. The Morgan fingerprint density at radius 3 is 2.00 bits per heavy atom. The average Bonchev–Trinajstić information content (AvgIpc) is 2.87. The highest BCUT2D eigenvalue weighted by Crippen LogP contribution is 2.41. The van der Waals surface area contributed by atoms with Crippen molar-refractivity contribution in [1.29, 1.82) is 0 Å². The van der Waals surface area contributed by atoms with Gasteiger partial charge in [0.2, 0.25) is 0 Å². The average molecular weight is 487 g/mol. The van der Waals surface area contributed by atoms with Crippen LogP contribution >= 0.6 is 0 Å². The van der Waals surface area contributed by atoms with Crippen LogP contribution in [-0.4, -0.2) is 12.6 Å². The van der Waals surface area contributed by atoms with Crippen LogP contribution in [0, 0.1) is 29.3 Å². The normalized spacial score (nSPS) is 24.6. The van der Waals surface area contributed by atoms with E-state index in [0.29, 0.717) is 49.3 Å². The zero-order valence-corrected chi connectivity index (χ0v) is 20.2. The molecule has 4 rings (SSSR count). The summed E-state index contributed by atoms with van der Waals surface area (Å²) in [4.78, 5) is 12.6. The molecule has 2 aromatic rings. The molecule has 35 heavy (non-hydrogen) atoms. The van der Waals surface area contributed by atoms with Gasteiger partial charge < -0.3 is 9.47 Å². The summed E-state index contributed by atoms with van der Waals surface area (Å²) in [7, 11) is 0. The van der Waals surface area contributed by atoms with E-state index in [-0.39, 0.29) is 29.3 Å². The minimum absolute atomic E-state index is 0.0488. The van der Waals surface area contributed by atoms with Gasteiger partial charge in [0.05, 0.1) is 12.5 Å². The molecular weight excluding hydrogens is 453 g/mol. The minimum Gasteiger partial charge on any atom is -0.491 e. The Hall–Kier alpha value is -2.76. The fraction of sp³-hybridized carbons (Fsp3) is 0.483. The molecule has 2 fully saturated rings. The Kier molecular flexibility index (Phi) is 8.19. The van der Waals surface area contributed by atoms with Crippen molar-refractivity contribution in [1.82, 2.24) is 0 Å². The highest BCUT2D eigenvalue weighted by Gasteiger charge is 2.32. The molecule has 0 atom stereocenters. The molecule has 0 radical (unpaired) electrons. The summed E-state index contributed by atoms with van der Waals surface area (Å²) in [6.07, 6.45) is 7.72. The lowest BCUT2D eigenvalue weighted by atomic mass is 9.76. The van der Waals surface area contributed by atoms with Gasteiger partial charge in [-0.1, -0.05) is 18.2 Å². The van der Waals surface area contributed by atoms with Gasteiger partial charge in [0.1, 0.15) is 5.75 Å².